The molecule has 0 fully saturated rings. The number of methoxy groups -OCH3 is 1. The molecule has 1 amide bonds. The molecule has 3 N–H and O–H groups in total. The van der Waals surface area contributed by atoms with Crippen molar-refractivity contribution in [1.82, 2.24) is 20.9 Å². The van der Waals surface area contributed by atoms with Crippen molar-refractivity contribution in [2.75, 3.05) is 27.2 Å². The van der Waals surface area contributed by atoms with E-state index >= 15 is 0 Å². The summed E-state index contributed by atoms with van der Waals surface area (Å²) in [6.07, 6.45) is 2.56. The van der Waals surface area contributed by atoms with Crippen molar-refractivity contribution in [2.45, 2.75) is 13.0 Å². The first-order valence-electron chi connectivity index (χ1n) is 8.45. The number of carbonyl (C=O) groups is 1. The average molecular weight is 355 g/mol. The Labute approximate surface area is 153 Å². The Bertz CT molecular complexity index is 702. The average Bonchev–Trinajstić information content (AvgIpc) is 2.70. The molecule has 0 atom stereocenters. The number of carbonyl (C=O) groups excluding carboxylic acids is 1. The second-order valence-electron chi connectivity index (χ2n) is 5.55. The number of pyridine rings is 1. The van der Waals surface area contributed by atoms with Crippen LogP contribution in [0.25, 0.3) is 0 Å². The van der Waals surface area contributed by atoms with E-state index in [-0.39, 0.29) is 12.5 Å². The molecule has 0 spiro atoms. The fourth-order valence-electron chi connectivity index (χ4n) is 2.25. The monoisotopic (exact) mass is 355 g/mol. The number of aliphatic imine (C=N–C) groups is 1. The van der Waals surface area contributed by atoms with Gasteiger partial charge in [-0.05, 0) is 29.8 Å². The van der Waals surface area contributed by atoms with E-state index in [1.54, 1.807) is 20.4 Å². The van der Waals surface area contributed by atoms with Crippen LogP contribution in [0.15, 0.2) is 53.7 Å². The van der Waals surface area contributed by atoms with Crippen LogP contribution in [0.5, 0.6) is 5.75 Å². The zero-order chi connectivity index (χ0) is 18.6. The second-order valence-corrected chi connectivity index (χ2v) is 5.55. The zero-order valence-corrected chi connectivity index (χ0v) is 15.2. The molecule has 7 heteroatoms. The van der Waals surface area contributed by atoms with Gasteiger partial charge in [0.15, 0.2) is 5.96 Å². The molecule has 1 aromatic heterocycles. The largest absolute Gasteiger partial charge is 0.497 e. The third-order valence-corrected chi connectivity index (χ3v) is 3.69. The smallest absolute Gasteiger partial charge is 0.239 e. The van der Waals surface area contributed by atoms with E-state index < -0.39 is 0 Å². The van der Waals surface area contributed by atoms with Crippen LogP contribution in [-0.2, 0) is 17.8 Å². The SMILES string of the molecule is CN=C(NCCc1ccccn1)NCC(=O)NCc1ccc(OC)cc1. The van der Waals surface area contributed by atoms with Crippen LogP contribution in [0.1, 0.15) is 11.3 Å². The maximum atomic E-state index is 12.0. The normalized spacial score (nSPS) is 10.9. The van der Waals surface area contributed by atoms with Crippen molar-refractivity contribution in [1.29, 1.82) is 0 Å². The Hall–Kier alpha value is -3.09. The summed E-state index contributed by atoms with van der Waals surface area (Å²) < 4.78 is 5.11. The van der Waals surface area contributed by atoms with Crippen LogP contribution in [0.4, 0.5) is 0 Å². The Morgan fingerprint density at radius 3 is 2.58 bits per heavy atom. The quantitative estimate of drug-likeness (QED) is 0.488. The molecule has 0 aliphatic carbocycles. The summed E-state index contributed by atoms with van der Waals surface area (Å²) >= 11 is 0. The standard InChI is InChI=1S/C19H25N5O2/c1-20-19(22-12-10-16-5-3-4-11-21-16)24-14-18(25)23-13-15-6-8-17(26-2)9-7-15/h3-9,11H,10,12-14H2,1-2H3,(H,23,25)(H2,20,22,24). The summed E-state index contributed by atoms with van der Waals surface area (Å²) in [7, 11) is 3.30. The number of nitrogens with one attached hydrogen (secondary N) is 3. The van der Waals surface area contributed by atoms with Gasteiger partial charge in [0.2, 0.25) is 5.91 Å². The summed E-state index contributed by atoms with van der Waals surface area (Å²) in [5, 5.41) is 9.02. The minimum atomic E-state index is -0.103. The van der Waals surface area contributed by atoms with E-state index in [4.69, 9.17) is 4.74 Å². The predicted octanol–water partition coefficient (Wildman–Crippen LogP) is 1.11. The maximum absolute atomic E-state index is 12.0. The van der Waals surface area contributed by atoms with Crippen molar-refractivity contribution in [3.63, 3.8) is 0 Å². The van der Waals surface area contributed by atoms with Gasteiger partial charge in [-0.25, -0.2) is 0 Å². The highest BCUT2D eigenvalue weighted by molar-refractivity contribution is 5.86. The number of nitrogens with zero attached hydrogens (tertiary/aromatic N) is 2. The molecule has 0 saturated carbocycles. The minimum Gasteiger partial charge on any atom is -0.497 e. The number of ether oxygens (including phenoxy) is 1. The van der Waals surface area contributed by atoms with E-state index in [1.807, 2.05) is 42.5 Å². The fraction of sp³-hybridized carbons (Fsp3) is 0.316. The number of guanidine groups is 1. The van der Waals surface area contributed by atoms with Gasteiger partial charge in [-0.15, -0.1) is 0 Å². The number of amides is 1. The predicted molar refractivity (Wildman–Crippen MR) is 102 cm³/mol. The van der Waals surface area contributed by atoms with Crippen LogP contribution in [-0.4, -0.2) is 44.1 Å². The summed E-state index contributed by atoms with van der Waals surface area (Å²) in [6, 6.07) is 13.4. The highest BCUT2D eigenvalue weighted by Crippen LogP contribution is 2.10. The Kier molecular flexibility index (Phi) is 7.92. The van der Waals surface area contributed by atoms with Gasteiger partial charge in [-0.1, -0.05) is 18.2 Å². The van der Waals surface area contributed by atoms with Gasteiger partial charge in [-0.3, -0.25) is 14.8 Å². The molecule has 2 aromatic rings. The lowest BCUT2D eigenvalue weighted by Crippen LogP contribution is -2.43. The first-order valence-corrected chi connectivity index (χ1v) is 8.45. The third-order valence-electron chi connectivity index (χ3n) is 3.69. The molecule has 0 aliphatic rings. The van der Waals surface area contributed by atoms with Crippen LogP contribution in [0.2, 0.25) is 0 Å². The molecule has 0 saturated heterocycles. The van der Waals surface area contributed by atoms with E-state index in [0.717, 1.165) is 23.4 Å². The van der Waals surface area contributed by atoms with Crippen LogP contribution < -0.4 is 20.7 Å². The van der Waals surface area contributed by atoms with Crippen molar-refractivity contribution < 1.29 is 9.53 Å². The molecule has 1 aromatic carbocycles. The molecular formula is C19H25N5O2. The molecule has 138 valence electrons. The third kappa shape index (κ3) is 6.80. The Morgan fingerprint density at radius 1 is 1.12 bits per heavy atom. The lowest BCUT2D eigenvalue weighted by Gasteiger charge is -2.12. The first-order chi connectivity index (χ1) is 12.7. The second kappa shape index (κ2) is 10.7. The number of aromatic nitrogens is 1. The summed E-state index contributed by atoms with van der Waals surface area (Å²) in [5.74, 6) is 1.27. The van der Waals surface area contributed by atoms with Crippen molar-refractivity contribution in [2.24, 2.45) is 4.99 Å². The van der Waals surface area contributed by atoms with Crippen molar-refractivity contribution >= 4 is 11.9 Å². The van der Waals surface area contributed by atoms with Crippen LogP contribution >= 0.6 is 0 Å². The Balaban J connectivity index is 1.65. The highest BCUT2D eigenvalue weighted by atomic mass is 16.5. The molecule has 26 heavy (non-hydrogen) atoms. The van der Waals surface area contributed by atoms with Crippen molar-refractivity contribution in [3.8, 4) is 5.75 Å². The molecule has 2 rings (SSSR count). The summed E-state index contributed by atoms with van der Waals surface area (Å²) in [6.45, 7) is 1.31. The van der Waals surface area contributed by atoms with Crippen LogP contribution in [0.3, 0.4) is 0 Å². The lowest BCUT2D eigenvalue weighted by atomic mass is 10.2. The van der Waals surface area contributed by atoms with E-state index in [1.165, 1.54) is 0 Å². The highest BCUT2D eigenvalue weighted by Gasteiger charge is 2.04. The molecule has 0 unspecified atom stereocenters. The number of hydrogen-bond acceptors (Lipinski definition) is 4. The Morgan fingerprint density at radius 2 is 1.92 bits per heavy atom. The first kappa shape index (κ1) is 19.2. The summed E-state index contributed by atoms with van der Waals surface area (Å²) in [5.41, 5.74) is 2.02. The molecule has 0 aliphatic heterocycles. The summed E-state index contributed by atoms with van der Waals surface area (Å²) in [4.78, 5) is 20.3. The maximum Gasteiger partial charge on any atom is 0.239 e. The molecular weight excluding hydrogens is 330 g/mol. The van der Waals surface area contributed by atoms with Gasteiger partial charge in [-0.2, -0.15) is 0 Å². The molecule has 0 radical (unpaired) electrons. The number of hydrogen-bond donors (Lipinski definition) is 3. The zero-order valence-electron chi connectivity index (χ0n) is 15.2. The van der Waals surface area contributed by atoms with E-state index in [9.17, 15) is 4.79 Å². The molecule has 7 nitrogen and oxygen atoms in total. The van der Waals surface area contributed by atoms with E-state index in [2.05, 4.69) is 25.9 Å². The van der Waals surface area contributed by atoms with Gasteiger partial charge in [0.25, 0.3) is 0 Å². The van der Waals surface area contributed by atoms with Gasteiger partial charge in [0, 0.05) is 38.4 Å². The van der Waals surface area contributed by atoms with Crippen molar-refractivity contribution in [3.05, 3.63) is 59.9 Å². The number of rotatable bonds is 8. The molecule has 0 bridgehead atoms. The minimum absolute atomic E-state index is 0.103. The topological polar surface area (TPSA) is 87.6 Å². The van der Waals surface area contributed by atoms with E-state index in [0.29, 0.717) is 19.0 Å². The van der Waals surface area contributed by atoms with Gasteiger partial charge < -0.3 is 20.7 Å². The van der Waals surface area contributed by atoms with Gasteiger partial charge in [0.1, 0.15) is 5.75 Å². The fourth-order valence-corrected chi connectivity index (χ4v) is 2.25. The number of benzene rings is 1. The van der Waals surface area contributed by atoms with Crippen LogP contribution in [0, 0.1) is 0 Å². The van der Waals surface area contributed by atoms with Gasteiger partial charge >= 0.3 is 0 Å². The lowest BCUT2D eigenvalue weighted by molar-refractivity contribution is -0.120. The van der Waals surface area contributed by atoms with Gasteiger partial charge in [0.05, 0.1) is 13.7 Å². The molecule has 1 heterocycles.